The molecule has 1 aliphatic rings. The molecule has 1 aliphatic heterocycles. The van der Waals surface area contributed by atoms with Crippen molar-refractivity contribution in [3.63, 3.8) is 0 Å². The highest BCUT2D eigenvalue weighted by atomic mass is 19.4. The van der Waals surface area contributed by atoms with E-state index in [1.807, 2.05) is 0 Å². The van der Waals surface area contributed by atoms with Gasteiger partial charge in [0.05, 0.1) is 18.8 Å². The summed E-state index contributed by atoms with van der Waals surface area (Å²) in [7, 11) is 0. The number of anilines is 2. The van der Waals surface area contributed by atoms with Gasteiger partial charge < -0.3 is 20.7 Å². The molecule has 1 fully saturated rings. The minimum atomic E-state index is -4.24. The van der Waals surface area contributed by atoms with E-state index in [2.05, 4.69) is 25.4 Å². The van der Waals surface area contributed by atoms with Gasteiger partial charge in [-0.05, 0) is 31.9 Å². The predicted molar refractivity (Wildman–Crippen MR) is 125 cm³/mol. The normalized spacial score (nSPS) is 15.9. The van der Waals surface area contributed by atoms with Gasteiger partial charge in [-0.25, -0.2) is 18.7 Å². The number of aryl methyl sites for hydroxylation is 1. The number of piperidine rings is 1. The summed E-state index contributed by atoms with van der Waals surface area (Å²) >= 11 is 0. The minimum absolute atomic E-state index is 0.0291. The van der Waals surface area contributed by atoms with Crippen molar-refractivity contribution in [1.82, 2.24) is 34.0 Å². The molecule has 37 heavy (non-hydrogen) atoms. The van der Waals surface area contributed by atoms with E-state index in [1.165, 1.54) is 20.0 Å². The van der Waals surface area contributed by atoms with Gasteiger partial charge in [-0.15, -0.1) is 5.10 Å². The lowest BCUT2D eigenvalue weighted by Gasteiger charge is -2.32. The number of aromatic nitrogens is 6. The first kappa shape index (κ1) is 24.9. The number of nitrogens with one attached hydrogen (secondary N) is 1. The molecule has 10 nitrogen and oxygen atoms in total. The molecule has 4 aromatic heterocycles. The van der Waals surface area contributed by atoms with E-state index in [-0.39, 0.29) is 47.9 Å². The molecule has 0 aliphatic carbocycles. The van der Waals surface area contributed by atoms with Crippen molar-refractivity contribution in [2.24, 2.45) is 0 Å². The van der Waals surface area contributed by atoms with Crippen LogP contribution in [-0.4, -0.2) is 77.4 Å². The topological polar surface area (TPSA) is 122 Å². The van der Waals surface area contributed by atoms with Crippen LogP contribution in [0, 0.1) is 6.92 Å². The summed E-state index contributed by atoms with van der Waals surface area (Å²) < 4.78 is 66.6. The Balaban J connectivity index is 1.42. The maximum absolute atomic E-state index is 13.1. The third-order valence-electron chi connectivity index (χ3n) is 6.32. The summed E-state index contributed by atoms with van der Waals surface area (Å²) in [4.78, 5) is 14.4. The van der Waals surface area contributed by atoms with Gasteiger partial charge in [0.2, 0.25) is 11.8 Å². The summed E-state index contributed by atoms with van der Waals surface area (Å²) in [6, 6.07) is 4.51. The molecule has 4 N–H and O–H groups in total. The second-order valence-electron chi connectivity index (χ2n) is 9.01. The Morgan fingerprint density at radius 2 is 1.89 bits per heavy atom. The van der Waals surface area contributed by atoms with Crippen LogP contribution < -0.4 is 11.1 Å². The van der Waals surface area contributed by atoms with E-state index in [0.717, 1.165) is 0 Å². The van der Waals surface area contributed by atoms with Crippen molar-refractivity contribution >= 4 is 28.4 Å². The number of rotatable bonds is 6. The number of imidazole rings is 1. The number of fused-ring (bicyclic) bond motifs is 2. The largest absolute Gasteiger partial charge is 0.493 e. The number of halogens is 5. The van der Waals surface area contributed by atoms with Gasteiger partial charge in [-0.1, -0.05) is 0 Å². The Labute approximate surface area is 206 Å². The van der Waals surface area contributed by atoms with Crippen LogP contribution in [0.15, 0.2) is 18.2 Å². The molecule has 1 saturated heterocycles. The first-order valence-electron chi connectivity index (χ1n) is 11.5. The highest BCUT2D eigenvalue weighted by molar-refractivity contribution is 5.89. The molecule has 0 spiro atoms. The van der Waals surface area contributed by atoms with Crippen LogP contribution in [0.4, 0.5) is 33.7 Å². The first-order valence-corrected chi connectivity index (χ1v) is 11.5. The number of nitrogens with zero attached hydrogens (tertiary/aromatic N) is 7. The summed E-state index contributed by atoms with van der Waals surface area (Å²) in [6.45, 7) is 0.643. The Morgan fingerprint density at radius 3 is 2.57 bits per heavy atom. The van der Waals surface area contributed by atoms with E-state index in [9.17, 15) is 27.1 Å². The Hall–Kier alpha value is -3.75. The van der Waals surface area contributed by atoms with Gasteiger partial charge in [0.1, 0.15) is 16.9 Å². The van der Waals surface area contributed by atoms with Gasteiger partial charge in [0.15, 0.2) is 11.5 Å². The van der Waals surface area contributed by atoms with E-state index in [0.29, 0.717) is 35.4 Å². The van der Waals surface area contributed by atoms with E-state index in [1.54, 1.807) is 19.1 Å². The van der Waals surface area contributed by atoms with Crippen molar-refractivity contribution in [3.8, 4) is 17.1 Å². The number of aromatic hydroxyl groups is 1. The zero-order chi connectivity index (χ0) is 26.5. The molecule has 4 aromatic rings. The lowest BCUT2D eigenvalue weighted by atomic mass is 10.1. The average Bonchev–Trinajstić information content (AvgIpc) is 3.30. The Kier molecular flexibility index (Phi) is 6.25. The molecule has 5 rings (SSSR count). The number of hydrogen-bond acceptors (Lipinski definition) is 8. The monoisotopic (exact) mass is 525 g/mol. The smallest absolute Gasteiger partial charge is 0.401 e. The standard InChI is InChI=1S/C22H24F5N9O/c1-11-29-15-3-2-14(31-20(15)35(11)9-16(23)24)13-8-17(37)36-18(13)19(28)32-21(33-36)30-12-4-6-34(7-5-12)10-22(25,26)27/h2-3,8,12,16,37H,4-7,9-10H2,1H3,(H3,28,30,32,33). The fourth-order valence-electron chi connectivity index (χ4n) is 4.67. The van der Waals surface area contributed by atoms with Crippen LogP contribution in [0.2, 0.25) is 0 Å². The maximum atomic E-state index is 13.1. The summed E-state index contributed by atoms with van der Waals surface area (Å²) in [5, 5.41) is 18.0. The number of likely N-dealkylation sites (tertiary alicyclic amines) is 1. The fourth-order valence-corrected chi connectivity index (χ4v) is 4.67. The van der Waals surface area contributed by atoms with Crippen molar-refractivity contribution in [3.05, 3.63) is 24.0 Å². The molecule has 0 radical (unpaired) electrons. The average molecular weight is 525 g/mol. The van der Waals surface area contributed by atoms with Crippen molar-refractivity contribution in [1.29, 1.82) is 0 Å². The second kappa shape index (κ2) is 9.28. The van der Waals surface area contributed by atoms with Gasteiger partial charge in [0.25, 0.3) is 6.43 Å². The third-order valence-corrected chi connectivity index (χ3v) is 6.32. The van der Waals surface area contributed by atoms with Crippen LogP contribution in [0.3, 0.4) is 0 Å². The van der Waals surface area contributed by atoms with Gasteiger partial charge in [0, 0.05) is 30.8 Å². The number of pyridine rings is 1. The summed E-state index contributed by atoms with van der Waals surface area (Å²) in [5.41, 5.74) is 7.95. The van der Waals surface area contributed by atoms with Crippen molar-refractivity contribution < 1.29 is 27.1 Å². The summed E-state index contributed by atoms with van der Waals surface area (Å²) in [5.74, 6) is 0.292. The Bertz CT molecular complexity index is 1440. The summed E-state index contributed by atoms with van der Waals surface area (Å²) in [6.07, 6.45) is -5.92. The minimum Gasteiger partial charge on any atom is -0.493 e. The second-order valence-corrected chi connectivity index (χ2v) is 9.01. The van der Waals surface area contributed by atoms with Gasteiger partial charge in [-0.2, -0.15) is 22.7 Å². The number of nitrogens with two attached hydrogens (primary N) is 1. The Morgan fingerprint density at radius 1 is 1.16 bits per heavy atom. The molecule has 5 heterocycles. The van der Waals surface area contributed by atoms with Crippen molar-refractivity contribution in [2.75, 3.05) is 30.7 Å². The molecule has 0 amide bonds. The van der Waals surface area contributed by atoms with Gasteiger partial charge in [-0.3, -0.25) is 4.90 Å². The van der Waals surface area contributed by atoms with Crippen LogP contribution in [0.25, 0.3) is 27.9 Å². The predicted octanol–water partition coefficient (Wildman–Crippen LogP) is 3.44. The zero-order valence-electron chi connectivity index (χ0n) is 19.7. The quantitative estimate of drug-likeness (QED) is 0.327. The van der Waals surface area contributed by atoms with E-state index >= 15 is 0 Å². The number of hydrogen-bond donors (Lipinski definition) is 3. The molecular formula is C22H24F5N9O. The van der Waals surface area contributed by atoms with E-state index < -0.39 is 25.7 Å². The maximum Gasteiger partial charge on any atom is 0.401 e. The molecule has 0 aromatic carbocycles. The molecule has 0 bridgehead atoms. The van der Waals surface area contributed by atoms with Crippen LogP contribution >= 0.6 is 0 Å². The van der Waals surface area contributed by atoms with Crippen LogP contribution in [0.5, 0.6) is 5.88 Å². The van der Waals surface area contributed by atoms with E-state index in [4.69, 9.17) is 5.73 Å². The highest BCUT2D eigenvalue weighted by Crippen LogP contribution is 2.34. The van der Waals surface area contributed by atoms with Crippen LogP contribution in [0.1, 0.15) is 18.7 Å². The lowest BCUT2D eigenvalue weighted by molar-refractivity contribution is -0.147. The third kappa shape index (κ3) is 5.08. The number of nitrogen functional groups attached to an aromatic ring is 1. The SMILES string of the molecule is Cc1nc2ccc(-c3cc(O)n4nc(NC5CCN(CC(F)(F)F)CC5)nc(N)c34)nc2n1CC(F)F. The molecular weight excluding hydrogens is 501 g/mol. The zero-order valence-corrected chi connectivity index (χ0v) is 19.7. The first-order chi connectivity index (χ1) is 17.5. The highest BCUT2D eigenvalue weighted by Gasteiger charge is 2.32. The number of alkyl halides is 5. The fraction of sp³-hybridized carbons (Fsp3) is 0.455. The molecule has 0 atom stereocenters. The molecule has 198 valence electrons. The van der Waals surface area contributed by atoms with Crippen LogP contribution in [-0.2, 0) is 6.54 Å². The van der Waals surface area contributed by atoms with Crippen molar-refractivity contribution in [2.45, 2.75) is 45.0 Å². The molecule has 15 heteroatoms. The molecule has 0 unspecified atom stereocenters. The van der Waals surface area contributed by atoms with Gasteiger partial charge >= 0.3 is 6.18 Å². The lowest BCUT2D eigenvalue weighted by Crippen LogP contribution is -2.43. The molecule has 0 saturated carbocycles.